The van der Waals surface area contributed by atoms with Crippen LogP contribution in [0, 0.1) is 0 Å². The van der Waals surface area contributed by atoms with Gasteiger partial charge >= 0.3 is 12.3 Å². The monoisotopic (exact) mass is 359 g/mol. The molecule has 0 atom stereocenters. The van der Waals surface area contributed by atoms with E-state index < -0.39 is 29.5 Å². The van der Waals surface area contributed by atoms with E-state index in [9.17, 15) is 22.8 Å². The van der Waals surface area contributed by atoms with Crippen LogP contribution in [-0.2, 0) is 10.9 Å². The van der Waals surface area contributed by atoms with E-state index in [1.54, 1.807) is 20.8 Å². The molecule has 1 fully saturated rings. The van der Waals surface area contributed by atoms with Crippen molar-refractivity contribution >= 4 is 12.0 Å². The lowest BCUT2D eigenvalue weighted by molar-refractivity contribution is -0.141. The molecular weight excluding hydrogens is 339 g/mol. The van der Waals surface area contributed by atoms with Gasteiger partial charge in [0.1, 0.15) is 11.3 Å². The number of pyridine rings is 1. The summed E-state index contributed by atoms with van der Waals surface area (Å²) >= 11 is 0. The highest BCUT2D eigenvalue weighted by atomic mass is 19.4. The summed E-state index contributed by atoms with van der Waals surface area (Å²) in [4.78, 5) is 30.6. The van der Waals surface area contributed by atoms with Crippen LogP contribution in [0.5, 0.6) is 0 Å². The average molecular weight is 359 g/mol. The van der Waals surface area contributed by atoms with Gasteiger partial charge in [-0.05, 0) is 32.9 Å². The van der Waals surface area contributed by atoms with Crippen molar-refractivity contribution in [3.8, 4) is 0 Å². The summed E-state index contributed by atoms with van der Waals surface area (Å²) in [6, 6.07) is 1.89. The third kappa shape index (κ3) is 5.07. The molecule has 0 radical (unpaired) electrons. The molecule has 1 aromatic rings. The van der Waals surface area contributed by atoms with Gasteiger partial charge in [0.2, 0.25) is 0 Å². The third-order valence-corrected chi connectivity index (χ3v) is 3.52. The predicted molar refractivity (Wildman–Crippen MR) is 82.9 cm³/mol. The van der Waals surface area contributed by atoms with E-state index in [0.717, 1.165) is 18.3 Å². The van der Waals surface area contributed by atoms with Crippen molar-refractivity contribution in [3.63, 3.8) is 0 Å². The van der Waals surface area contributed by atoms with Gasteiger partial charge in [-0.2, -0.15) is 13.2 Å². The molecule has 2 heterocycles. The summed E-state index contributed by atoms with van der Waals surface area (Å²) in [6.45, 7) is 6.45. The minimum absolute atomic E-state index is 0.0821. The Morgan fingerprint density at radius 3 is 2.04 bits per heavy atom. The number of halogens is 3. The first kappa shape index (κ1) is 19.0. The van der Waals surface area contributed by atoms with Gasteiger partial charge in [-0.3, -0.25) is 9.78 Å². The smallest absolute Gasteiger partial charge is 0.433 e. The number of aromatic nitrogens is 1. The molecule has 6 nitrogen and oxygen atoms in total. The van der Waals surface area contributed by atoms with Crippen molar-refractivity contribution < 1.29 is 27.5 Å². The van der Waals surface area contributed by atoms with Crippen LogP contribution in [0.2, 0.25) is 0 Å². The van der Waals surface area contributed by atoms with Gasteiger partial charge in [0.15, 0.2) is 0 Å². The minimum atomic E-state index is -4.54. The van der Waals surface area contributed by atoms with Gasteiger partial charge in [-0.15, -0.1) is 0 Å². The van der Waals surface area contributed by atoms with E-state index in [2.05, 4.69) is 4.98 Å². The number of rotatable bonds is 1. The Balaban J connectivity index is 1.94. The third-order valence-electron chi connectivity index (χ3n) is 3.52. The molecule has 2 amide bonds. The van der Waals surface area contributed by atoms with Gasteiger partial charge in [0.25, 0.3) is 5.91 Å². The van der Waals surface area contributed by atoms with Crippen LogP contribution in [0.4, 0.5) is 18.0 Å². The summed E-state index contributed by atoms with van der Waals surface area (Å²) in [5.41, 5.74) is -1.56. The van der Waals surface area contributed by atoms with Crippen molar-refractivity contribution in [3.05, 3.63) is 29.6 Å². The number of hydrogen-bond donors (Lipinski definition) is 0. The van der Waals surface area contributed by atoms with Gasteiger partial charge in [-0.25, -0.2) is 4.79 Å². The van der Waals surface area contributed by atoms with Crippen LogP contribution in [-0.4, -0.2) is 58.6 Å². The molecule has 0 spiro atoms. The summed E-state index contributed by atoms with van der Waals surface area (Å²) in [7, 11) is 0. The van der Waals surface area contributed by atoms with Gasteiger partial charge in [0, 0.05) is 32.4 Å². The molecule has 1 aliphatic rings. The minimum Gasteiger partial charge on any atom is -0.444 e. The Labute approximate surface area is 143 Å². The summed E-state index contributed by atoms with van der Waals surface area (Å²) in [6.07, 6.45) is -4.07. The van der Waals surface area contributed by atoms with Gasteiger partial charge in [0.05, 0.1) is 5.56 Å². The quantitative estimate of drug-likeness (QED) is 0.774. The number of amides is 2. The molecule has 1 saturated heterocycles. The number of nitrogens with zero attached hydrogens (tertiary/aromatic N) is 3. The SMILES string of the molecule is CC(C)(C)OC(=O)N1CCN(C(=O)c2ccc(C(F)(F)F)nc2)CC1. The van der Waals surface area contributed by atoms with E-state index in [-0.39, 0.29) is 18.7 Å². The Kier molecular flexibility index (Phi) is 5.24. The first-order valence-electron chi connectivity index (χ1n) is 7.78. The van der Waals surface area contributed by atoms with Crippen molar-refractivity contribution in [2.45, 2.75) is 32.5 Å². The molecule has 9 heteroatoms. The first-order chi connectivity index (χ1) is 11.5. The zero-order chi connectivity index (χ0) is 18.8. The molecule has 25 heavy (non-hydrogen) atoms. The summed E-state index contributed by atoms with van der Waals surface area (Å²) in [5, 5.41) is 0. The van der Waals surface area contributed by atoms with Crippen molar-refractivity contribution in [1.29, 1.82) is 0 Å². The molecule has 1 aliphatic heterocycles. The van der Waals surface area contributed by atoms with Crippen LogP contribution >= 0.6 is 0 Å². The number of hydrogen-bond acceptors (Lipinski definition) is 4. The fourth-order valence-electron chi connectivity index (χ4n) is 2.29. The Morgan fingerprint density at radius 1 is 1.04 bits per heavy atom. The van der Waals surface area contributed by atoms with E-state index >= 15 is 0 Å². The van der Waals surface area contributed by atoms with Crippen LogP contribution < -0.4 is 0 Å². The normalized spacial score (nSPS) is 15.9. The molecule has 0 unspecified atom stereocenters. The van der Waals surface area contributed by atoms with Gasteiger partial charge in [-0.1, -0.05) is 0 Å². The lowest BCUT2D eigenvalue weighted by atomic mass is 10.2. The van der Waals surface area contributed by atoms with E-state index in [4.69, 9.17) is 4.74 Å². The highest BCUT2D eigenvalue weighted by Gasteiger charge is 2.33. The highest BCUT2D eigenvalue weighted by molar-refractivity contribution is 5.94. The number of carbonyl (C=O) groups excluding carboxylic acids is 2. The Hall–Kier alpha value is -2.32. The first-order valence-corrected chi connectivity index (χ1v) is 7.78. The lowest BCUT2D eigenvalue weighted by Gasteiger charge is -2.35. The van der Waals surface area contributed by atoms with E-state index in [0.29, 0.717) is 13.1 Å². The molecule has 138 valence electrons. The molecule has 0 aromatic carbocycles. The van der Waals surface area contributed by atoms with Gasteiger partial charge < -0.3 is 14.5 Å². The van der Waals surface area contributed by atoms with Crippen molar-refractivity contribution in [1.82, 2.24) is 14.8 Å². The average Bonchev–Trinajstić information content (AvgIpc) is 2.52. The topological polar surface area (TPSA) is 62.7 Å². The Bertz CT molecular complexity index is 631. The fourth-order valence-corrected chi connectivity index (χ4v) is 2.29. The lowest BCUT2D eigenvalue weighted by Crippen LogP contribution is -2.51. The summed E-state index contributed by atoms with van der Waals surface area (Å²) in [5.74, 6) is -0.412. The van der Waals surface area contributed by atoms with Crippen molar-refractivity contribution in [2.24, 2.45) is 0 Å². The molecule has 2 rings (SSSR count). The largest absolute Gasteiger partial charge is 0.444 e. The fraction of sp³-hybridized carbons (Fsp3) is 0.562. The number of alkyl halides is 3. The van der Waals surface area contributed by atoms with Crippen LogP contribution in [0.3, 0.4) is 0 Å². The zero-order valence-corrected chi connectivity index (χ0v) is 14.3. The van der Waals surface area contributed by atoms with E-state index in [1.807, 2.05) is 0 Å². The Morgan fingerprint density at radius 2 is 1.60 bits per heavy atom. The number of piperazine rings is 1. The predicted octanol–water partition coefficient (Wildman–Crippen LogP) is 2.79. The second-order valence-electron chi connectivity index (χ2n) is 6.69. The molecule has 0 N–H and O–H groups in total. The maximum atomic E-state index is 12.5. The number of carbonyl (C=O) groups is 2. The summed E-state index contributed by atoms with van der Waals surface area (Å²) < 4.78 is 42.8. The highest BCUT2D eigenvalue weighted by Crippen LogP contribution is 2.27. The maximum absolute atomic E-state index is 12.5. The molecular formula is C16H20F3N3O3. The maximum Gasteiger partial charge on any atom is 0.433 e. The molecule has 0 bridgehead atoms. The number of ether oxygens (including phenoxy) is 1. The zero-order valence-electron chi connectivity index (χ0n) is 14.3. The van der Waals surface area contributed by atoms with E-state index in [1.165, 1.54) is 9.80 Å². The van der Waals surface area contributed by atoms with Crippen molar-refractivity contribution in [2.75, 3.05) is 26.2 Å². The van der Waals surface area contributed by atoms with Crippen LogP contribution in [0.25, 0.3) is 0 Å². The molecule has 0 saturated carbocycles. The standard InChI is InChI=1S/C16H20F3N3O3/c1-15(2,3)25-14(24)22-8-6-21(7-9-22)13(23)11-4-5-12(20-10-11)16(17,18)19/h4-5,10H,6-9H2,1-3H3. The van der Waals surface area contributed by atoms with Crippen LogP contribution in [0.15, 0.2) is 18.3 Å². The van der Waals surface area contributed by atoms with Crippen LogP contribution in [0.1, 0.15) is 36.8 Å². The second kappa shape index (κ2) is 6.89. The second-order valence-corrected chi connectivity index (χ2v) is 6.69. The molecule has 1 aromatic heterocycles. The molecule has 0 aliphatic carbocycles.